The van der Waals surface area contributed by atoms with Gasteiger partial charge in [-0.1, -0.05) is 53.0 Å². The van der Waals surface area contributed by atoms with Crippen molar-refractivity contribution in [1.29, 1.82) is 0 Å². The minimum absolute atomic E-state index is 0.172. The van der Waals surface area contributed by atoms with E-state index in [0.717, 1.165) is 5.69 Å². The smallest absolute Gasteiger partial charge is 0.274 e. The zero-order valence-electron chi connectivity index (χ0n) is 18.3. The van der Waals surface area contributed by atoms with E-state index in [0.29, 0.717) is 72.1 Å². The van der Waals surface area contributed by atoms with E-state index in [1.807, 2.05) is 24.3 Å². The molecule has 34 heavy (non-hydrogen) atoms. The van der Waals surface area contributed by atoms with Crippen LogP contribution < -0.4 is 4.90 Å². The van der Waals surface area contributed by atoms with Gasteiger partial charge in [0.1, 0.15) is 5.69 Å². The molecule has 0 N–H and O–H groups in total. The van der Waals surface area contributed by atoms with E-state index >= 15 is 0 Å². The third kappa shape index (κ3) is 4.35. The summed E-state index contributed by atoms with van der Waals surface area (Å²) in [6.07, 6.45) is 0. The molecule has 5 rings (SSSR count). The monoisotopic (exact) mass is 517 g/mol. The minimum atomic E-state index is -0.197. The second kappa shape index (κ2) is 9.49. The number of amides is 2. The summed E-state index contributed by atoms with van der Waals surface area (Å²) in [6.45, 7) is 3.71. The van der Waals surface area contributed by atoms with Crippen LogP contribution in [0.3, 0.4) is 0 Å². The first-order valence-corrected chi connectivity index (χ1v) is 12.1. The van der Waals surface area contributed by atoms with Gasteiger partial charge in [0.15, 0.2) is 5.69 Å². The second-order valence-electron chi connectivity index (χ2n) is 8.30. The molecule has 2 aliphatic rings. The van der Waals surface area contributed by atoms with Gasteiger partial charge in [-0.2, -0.15) is 5.10 Å². The Balaban J connectivity index is 1.27. The molecule has 1 aromatic heterocycles. The van der Waals surface area contributed by atoms with Gasteiger partial charge in [-0.3, -0.25) is 14.3 Å². The normalized spacial score (nSPS) is 16.1. The molecule has 2 amide bonds. The second-order valence-corrected chi connectivity index (χ2v) is 9.52. The highest BCUT2D eigenvalue weighted by Crippen LogP contribution is 2.28. The maximum Gasteiger partial charge on any atom is 0.274 e. The number of carbonyl (C=O) groups excluding carboxylic acids is 2. The minimum Gasteiger partial charge on any atom is -0.367 e. The molecule has 0 aliphatic carbocycles. The van der Waals surface area contributed by atoms with Crippen molar-refractivity contribution in [2.24, 2.45) is 0 Å². The lowest BCUT2D eigenvalue weighted by molar-refractivity contribution is 0.0680. The zero-order valence-corrected chi connectivity index (χ0v) is 20.5. The predicted octanol–water partition coefficient (Wildman–Crippen LogP) is 4.46. The highest BCUT2D eigenvalue weighted by atomic mass is 35.5. The fourth-order valence-corrected chi connectivity index (χ4v) is 5.16. The summed E-state index contributed by atoms with van der Waals surface area (Å²) in [4.78, 5) is 31.9. The molecule has 0 bridgehead atoms. The van der Waals surface area contributed by atoms with Gasteiger partial charge in [0, 0.05) is 60.9 Å². The van der Waals surface area contributed by atoms with Crippen LogP contribution in [0.15, 0.2) is 48.5 Å². The SMILES string of the molecule is O=C(c1cc2n(n1)CCN(Cc1c(Cl)cccc1Cl)C2=O)N1CCN(c2ccccc2Cl)CC1. The average molecular weight is 519 g/mol. The number of halogens is 3. The number of fused-ring (bicyclic) bond motifs is 1. The molecular formula is C24H22Cl3N5O2. The molecule has 0 saturated carbocycles. The molecule has 2 aliphatic heterocycles. The van der Waals surface area contributed by atoms with Crippen LogP contribution in [0.2, 0.25) is 15.1 Å². The molecular weight excluding hydrogens is 497 g/mol. The molecule has 1 saturated heterocycles. The van der Waals surface area contributed by atoms with Gasteiger partial charge < -0.3 is 14.7 Å². The Kier molecular flexibility index (Phi) is 6.42. The summed E-state index contributed by atoms with van der Waals surface area (Å²) >= 11 is 18.9. The number of nitrogens with zero attached hydrogens (tertiary/aromatic N) is 5. The summed E-state index contributed by atoms with van der Waals surface area (Å²) in [5.74, 6) is -0.369. The number of rotatable bonds is 4. The van der Waals surface area contributed by atoms with Crippen LogP contribution in [0.4, 0.5) is 5.69 Å². The van der Waals surface area contributed by atoms with Crippen molar-refractivity contribution in [2.75, 3.05) is 37.6 Å². The average Bonchev–Trinajstić information content (AvgIpc) is 3.28. The van der Waals surface area contributed by atoms with Crippen LogP contribution in [0, 0.1) is 0 Å². The third-order valence-corrected chi connectivity index (χ3v) is 7.29. The van der Waals surface area contributed by atoms with Crippen molar-refractivity contribution < 1.29 is 9.59 Å². The van der Waals surface area contributed by atoms with Crippen molar-refractivity contribution >= 4 is 52.3 Å². The van der Waals surface area contributed by atoms with Crippen LogP contribution in [0.1, 0.15) is 26.5 Å². The first-order valence-electron chi connectivity index (χ1n) is 11.0. The zero-order chi connectivity index (χ0) is 23.8. The molecule has 0 atom stereocenters. The highest BCUT2D eigenvalue weighted by molar-refractivity contribution is 6.36. The number of hydrogen-bond acceptors (Lipinski definition) is 4. The topological polar surface area (TPSA) is 61.7 Å². The first kappa shape index (κ1) is 23.0. The molecule has 176 valence electrons. The highest BCUT2D eigenvalue weighted by Gasteiger charge is 2.31. The Morgan fingerprint density at radius 1 is 0.853 bits per heavy atom. The van der Waals surface area contributed by atoms with E-state index in [4.69, 9.17) is 34.8 Å². The van der Waals surface area contributed by atoms with Crippen LogP contribution in [-0.4, -0.2) is 64.1 Å². The summed E-state index contributed by atoms with van der Waals surface area (Å²) in [5.41, 5.74) is 2.36. The van der Waals surface area contributed by atoms with Gasteiger partial charge in [-0.15, -0.1) is 0 Å². The first-order chi connectivity index (χ1) is 16.4. The van der Waals surface area contributed by atoms with E-state index in [-0.39, 0.29) is 17.5 Å². The molecule has 3 heterocycles. The summed E-state index contributed by atoms with van der Waals surface area (Å²) in [5, 5.41) is 6.17. The maximum atomic E-state index is 13.1. The Bertz CT molecular complexity index is 1230. The van der Waals surface area contributed by atoms with E-state index in [1.165, 1.54) is 0 Å². The van der Waals surface area contributed by atoms with E-state index < -0.39 is 0 Å². The van der Waals surface area contributed by atoms with E-state index in [9.17, 15) is 9.59 Å². The number of carbonyl (C=O) groups is 2. The van der Waals surface area contributed by atoms with Gasteiger partial charge in [-0.25, -0.2) is 0 Å². The molecule has 1 fully saturated rings. The van der Waals surface area contributed by atoms with Gasteiger partial charge in [0.2, 0.25) is 0 Å². The van der Waals surface area contributed by atoms with E-state index in [2.05, 4.69) is 10.00 Å². The lowest BCUT2D eigenvalue weighted by Crippen LogP contribution is -2.49. The van der Waals surface area contributed by atoms with Crippen molar-refractivity contribution in [2.45, 2.75) is 13.1 Å². The van der Waals surface area contributed by atoms with Crippen molar-refractivity contribution in [3.63, 3.8) is 0 Å². The number of piperazine rings is 1. The standard InChI is InChI=1S/C24H22Cl3N5O2/c25-17-5-3-6-18(26)16(17)15-31-12-13-32-22(24(31)34)14-20(28-32)23(33)30-10-8-29(9-11-30)21-7-2-1-4-19(21)27/h1-7,14H,8-13,15H2. The van der Waals surface area contributed by atoms with Crippen LogP contribution in [0.25, 0.3) is 0 Å². The third-order valence-electron chi connectivity index (χ3n) is 6.26. The fraction of sp³-hybridized carbons (Fsp3) is 0.292. The Morgan fingerprint density at radius 2 is 1.53 bits per heavy atom. The molecule has 3 aromatic rings. The number of hydrogen-bond donors (Lipinski definition) is 0. The molecule has 0 spiro atoms. The van der Waals surface area contributed by atoms with Crippen molar-refractivity contribution in [1.82, 2.24) is 19.6 Å². The number of aromatic nitrogens is 2. The predicted molar refractivity (Wildman–Crippen MR) is 133 cm³/mol. The van der Waals surface area contributed by atoms with Gasteiger partial charge >= 0.3 is 0 Å². The molecule has 7 nitrogen and oxygen atoms in total. The summed E-state index contributed by atoms with van der Waals surface area (Å²) < 4.78 is 1.61. The van der Waals surface area contributed by atoms with Gasteiger partial charge in [0.25, 0.3) is 11.8 Å². The largest absolute Gasteiger partial charge is 0.367 e. The molecule has 10 heteroatoms. The molecule has 2 aromatic carbocycles. The lowest BCUT2D eigenvalue weighted by atomic mass is 10.1. The van der Waals surface area contributed by atoms with Crippen LogP contribution in [0.5, 0.6) is 0 Å². The summed E-state index contributed by atoms with van der Waals surface area (Å²) in [6, 6.07) is 14.6. The maximum absolute atomic E-state index is 13.1. The van der Waals surface area contributed by atoms with Crippen LogP contribution >= 0.6 is 34.8 Å². The number of para-hydroxylation sites is 1. The number of benzene rings is 2. The quantitative estimate of drug-likeness (QED) is 0.512. The number of anilines is 1. The lowest BCUT2D eigenvalue weighted by Gasteiger charge is -2.36. The Labute approximate surface area is 212 Å². The molecule has 0 unspecified atom stereocenters. The van der Waals surface area contributed by atoms with Crippen molar-refractivity contribution in [3.05, 3.63) is 80.6 Å². The molecule has 0 radical (unpaired) electrons. The fourth-order valence-electron chi connectivity index (χ4n) is 4.39. The van der Waals surface area contributed by atoms with Gasteiger partial charge in [-0.05, 0) is 24.3 Å². The summed E-state index contributed by atoms with van der Waals surface area (Å²) in [7, 11) is 0. The van der Waals surface area contributed by atoms with Gasteiger partial charge in [0.05, 0.1) is 17.3 Å². The van der Waals surface area contributed by atoms with Crippen molar-refractivity contribution in [3.8, 4) is 0 Å². The Hall–Kier alpha value is -2.74. The Morgan fingerprint density at radius 3 is 2.24 bits per heavy atom. The van der Waals surface area contributed by atoms with E-state index in [1.54, 1.807) is 38.7 Å². The van der Waals surface area contributed by atoms with Crippen LogP contribution in [-0.2, 0) is 13.1 Å².